The van der Waals surface area contributed by atoms with Gasteiger partial charge in [-0.05, 0) is 40.0 Å². The second kappa shape index (κ2) is 20.7. The largest absolute Gasteiger partial charge is 0.453 e. The van der Waals surface area contributed by atoms with Crippen molar-refractivity contribution in [1.29, 1.82) is 0 Å². The van der Waals surface area contributed by atoms with Crippen LogP contribution in [0, 0.1) is 0 Å². The Morgan fingerprint density at radius 3 is 1.80 bits per heavy atom. The minimum Gasteiger partial charge on any atom is -0.453 e. The second-order valence-corrected chi connectivity index (χ2v) is 8.36. The van der Waals surface area contributed by atoms with Gasteiger partial charge in [0.05, 0.1) is 40.1 Å². The molecule has 0 aliphatic carbocycles. The molecule has 0 unspecified atom stereocenters. The van der Waals surface area contributed by atoms with Gasteiger partial charge in [-0.15, -0.1) is 0 Å². The van der Waals surface area contributed by atoms with Crippen LogP contribution in [0.5, 0.6) is 0 Å². The van der Waals surface area contributed by atoms with Gasteiger partial charge in [0.2, 0.25) is 11.8 Å². The summed E-state index contributed by atoms with van der Waals surface area (Å²) in [6.07, 6.45) is 1.17. The zero-order valence-electron chi connectivity index (χ0n) is 21.4. The highest BCUT2D eigenvalue weighted by atomic mass is 16.7. The first-order valence-corrected chi connectivity index (χ1v) is 11.8. The van der Waals surface area contributed by atoms with Crippen LogP contribution in [0.15, 0.2) is 0 Å². The van der Waals surface area contributed by atoms with Gasteiger partial charge in [-0.25, -0.2) is 9.59 Å². The van der Waals surface area contributed by atoms with Crippen molar-refractivity contribution >= 4 is 24.0 Å². The van der Waals surface area contributed by atoms with E-state index in [-0.39, 0.29) is 24.7 Å². The number of unbranched alkanes of at least 4 members (excludes halogenated alkanes) is 1. The molecule has 0 rings (SSSR count). The summed E-state index contributed by atoms with van der Waals surface area (Å²) in [4.78, 5) is 50.8. The Hall–Kier alpha value is -2.64. The van der Waals surface area contributed by atoms with Crippen LogP contribution >= 0.6 is 0 Å². The van der Waals surface area contributed by atoms with Crippen LogP contribution in [-0.4, -0.2) is 89.4 Å². The Morgan fingerprint density at radius 2 is 1.23 bits per heavy atom. The summed E-state index contributed by atoms with van der Waals surface area (Å²) in [6, 6.07) is 0. The van der Waals surface area contributed by atoms with Crippen LogP contribution in [0.1, 0.15) is 52.9 Å². The fourth-order valence-corrected chi connectivity index (χ4v) is 2.40. The molecule has 0 saturated heterocycles. The maximum Gasteiger partial charge on any atom is 0.431 e. The fourth-order valence-electron chi connectivity index (χ4n) is 2.40. The normalized spacial score (nSPS) is 10.9. The monoisotopic (exact) mass is 506 g/mol. The van der Waals surface area contributed by atoms with E-state index >= 15 is 0 Å². The summed E-state index contributed by atoms with van der Waals surface area (Å²) < 4.78 is 20.0. The average Bonchev–Trinajstić information content (AvgIpc) is 2.78. The molecular weight excluding hydrogens is 464 g/mol. The van der Waals surface area contributed by atoms with E-state index in [9.17, 15) is 19.2 Å². The Morgan fingerprint density at radius 1 is 0.657 bits per heavy atom. The minimum absolute atomic E-state index is 0.115. The Labute approximate surface area is 207 Å². The van der Waals surface area contributed by atoms with Crippen molar-refractivity contribution in [3.05, 3.63) is 0 Å². The number of alkyl carbamates (subject to hydrolysis) is 1. The van der Waals surface area contributed by atoms with Crippen molar-refractivity contribution < 1.29 is 43.0 Å². The van der Waals surface area contributed by atoms with Crippen molar-refractivity contribution in [1.82, 2.24) is 21.4 Å². The molecule has 0 spiro atoms. The molecule has 0 bridgehead atoms. The van der Waals surface area contributed by atoms with E-state index in [0.717, 1.165) is 0 Å². The maximum absolute atomic E-state index is 11.8. The standard InChI is InChI=1S/C22H42N4O9/c1-22(2,3)35-21(30)26-34-13-6-5-10-23-18(27)8-7-9-19(28)24-11-14-32-16-17-33-15-12-25-20(29)31-4/h5-17H2,1-4H3,(H,23,27)(H,24,28)(H,25,29)(H,26,30). The van der Waals surface area contributed by atoms with E-state index in [1.54, 1.807) is 20.8 Å². The maximum atomic E-state index is 11.8. The van der Waals surface area contributed by atoms with Crippen LogP contribution in [0.3, 0.4) is 0 Å². The van der Waals surface area contributed by atoms with E-state index < -0.39 is 17.8 Å². The van der Waals surface area contributed by atoms with Gasteiger partial charge in [-0.3, -0.25) is 14.4 Å². The Balaban J connectivity index is 3.43. The van der Waals surface area contributed by atoms with Gasteiger partial charge in [0.25, 0.3) is 0 Å². The third-order valence-electron chi connectivity index (χ3n) is 4.00. The minimum atomic E-state index is -0.643. The van der Waals surface area contributed by atoms with Crippen LogP contribution in [-0.2, 0) is 33.4 Å². The third-order valence-corrected chi connectivity index (χ3v) is 4.00. The molecule has 0 aliphatic rings. The Kier molecular flexibility index (Phi) is 19.1. The molecule has 0 aromatic heterocycles. The first-order valence-electron chi connectivity index (χ1n) is 11.8. The smallest absolute Gasteiger partial charge is 0.431 e. The van der Waals surface area contributed by atoms with E-state index in [1.165, 1.54) is 7.11 Å². The number of methoxy groups -OCH3 is 1. The lowest BCUT2D eigenvalue weighted by Crippen LogP contribution is -2.32. The molecule has 0 fully saturated rings. The summed E-state index contributed by atoms with van der Waals surface area (Å²) in [7, 11) is 1.29. The lowest BCUT2D eigenvalue weighted by molar-refractivity contribution is -0.122. The predicted molar refractivity (Wildman–Crippen MR) is 126 cm³/mol. The number of carbonyl (C=O) groups is 4. The first kappa shape index (κ1) is 32.4. The lowest BCUT2D eigenvalue weighted by atomic mass is 10.2. The molecular formula is C22H42N4O9. The first-order chi connectivity index (χ1) is 16.6. The summed E-state index contributed by atoms with van der Waals surface area (Å²) in [6.45, 7) is 8.26. The van der Waals surface area contributed by atoms with E-state index in [1.807, 2.05) is 0 Å². The average molecular weight is 507 g/mol. The molecule has 13 heteroatoms. The van der Waals surface area contributed by atoms with Crippen LogP contribution in [0.4, 0.5) is 9.59 Å². The summed E-state index contributed by atoms with van der Waals surface area (Å²) in [5, 5.41) is 8.00. The van der Waals surface area contributed by atoms with Gasteiger partial charge >= 0.3 is 12.2 Å². The van der Waals surface area contributed by atoms with Crippen LogP contribution < -0.4 is 21.4 Å². The number of rotatable bonds is 19. The van der Waals surface area contributed by atoms with Crippen molar-refractivity contribution in [3.8, 4) is 0 Å². The predicted octanol–water partition coefficient (Wildman–Crippen LogP) is 1.01. The topological polar surface area (TPSA) is 163 Å². The number of hydrogen-bond donors (Lipinski definition) is 4. The molecule has 0 heterocycles. The molecule has 0 atom stereocenters. The zero-order chi connectivity index (χ0) is 26.4. The van der Waals surface area contributed by atoms with Gasteiger partial charge in [0, 0.05) is 32.5 Å². The molecule has 204 valence electrons. The van der Waals surface area contributed by atoms with Crippen molar-refractivity contribution in [2.75, 3.05) is 59.8 Å². The van der Waals surface area contributed by atoms with E-state index in [4.69, 9.17) is 19.0 Å². The zero-order valence-corrected chi connectivity index (χ0v) is 21.4. The third kappa shape index (κ3) is 24.3. The van der Waals surface area contributed by atoms with Crippen molar-refractivity contribution in [3.63, 3.8) is 0 Å². The van der Waals surface area contributed by atoms with Gasteiger partial charge in [0.15, 0.2) is 0 Å². The molecule has 0 aromatic rings. The Bertz CT molecular complexity index is 612. The van der Waals surface area contributed by atoms with Gasteiger partial charge < -0.3 is 34.9 Å². The lowest BCUT2D eigenvalue weighted by Gasteiger charge is -2.19. The van der Waals surface area contributed by atoms with E-state index in [0.29, 0.717) is 71.9 Å². The number of hydrogen-bond acceptors (Lipinski definition) is 9. The van der Waals surface area contributed by atoms with Gasteiger partial charge in [-0.2, -0.15) is 5.48 Å². The highest BCUT2D eigenvalue weighted by Gasteiger charge is 2.15. The second-order valence-electron chi connectivity index (χ2n) is 8.36. The molecule has 0 aliphatic heterocycles. The quantitative estimate of drug-likeness (QED) is 0.148. The molecule has 0 radical (unpaired) electrons. The van der Waals surface area contributed by atoms with E-state index in [2.05, 4.69) is 26.2 Å². The number of nitrogens with one attached hydrogen (secondary N) is 4. The molecule has 0 saturated carbocycles. The SMILES string of the molecule is COC(=O)NCCOCCOCCNC(=O)CCCC(=O)NCCCCONC(=O)OC(C)(C)C. The molecule has 13 nitrogen and oxygen atoms in total. The number of hydroxylamine groups is 1. The fraction of sp³-hybridized carbons (Fsp3) is 0.818. The molecule has 0 aromatic carbocycles. The van der Waals surface area contributed by atoms with Crippen molar-refractivity contribution in [2.45, 2.75) is 58.5 Å². The summed E-state index contributed by atoms with van der Waals surface area (Å²) >= 11 is 0. The molecule has 35 heavy (non-hydrogen) atoms. The van der Waals surface area contributed by atoms with Gasteiger partial charge in [0.1, 0.15) is 5.60 Å². The van der Waals surface area contributed by atoms with Gasteiger partial charge in [-0.1, -0.05) is 0 Å². The highest BCUT2D eigenvalue weighted by molar-refractivity contribution is 5.78. The molecule has 4 N–H and O–H groups in total. The number of ether oxygens (including phenoxy) is 4. The number of amides is 4. The van der Waals surface area contributed by atoms with Crippen molar-refractivity contribution in [2.24, 2.45) is 0 Å². The number of carbonyl (C=O) groups excluding carboxylic acids is 4. The summed E-state index contributed by atoms with van der Waals surface area (Å²) in [5.74, 6) is -0.253. The van der Waals surface area contributed by atoms with Crippen LogP contribution in [0.25, 0.3) is 0 Å². The summed E-state index contributed by atoms with van der Waals surface area (Å²) in [5.41, 5.74) is 1.61. The highest BCUT2D eigenvalue weighted by Crippen LogP contribution is 2.06. The van der Waals surface area contributed by atoms with Crippen LogP contribution in [0.2, 0.25) is 0 Å². The molecule has 4 amide bonds.